The van der Waals surface area contributed by atoms with Gasteiger partial charge in [-0.25, -0.2) is 17.8 Å². The molecule has 0 saturated carbocycles. The molecule has 0 saturated heterocycles. The van der Waals surface area contributed by atoms with Crippen LogP contribution in [0.3, 0.4) is 0 Å². The number of carbonyl (C=O) groups is 1. The number of rotatable bonds is 4. The van der Waals surface area contributed by atoms with E-state index in [2.05, 4.69) is 10.3 Å². The van der Waals surface area contributed by atoms with Crippen molar-refractivity contribution in [1.82, 2.24) is 19.7 Å². The molecule has 0 radical (unpaired) electrons. The SMILES string of the molecule is Cc1ccccc1S(=O)(=O)NC(=O)c1nnn(-c2ccc(C#N)cc2Cl)c1C(F)(F)F. The highest BCUT2D eigenvalue weighted by atomic mass is 35.5. The Hall–Kier alpha value is -3.43. The maximum Gasteiger partial charge on any atom is 0.435 e. The number of hydrogen-bond donors (Lipinski definition) is 1. The van der Waals surface area contributed by atoms with Gasteiger partial charge in [-0.1, -0.05) is 35.0 Å². The van der Waals surface area contributed by atoms with Crippen molar-refractivity contribution in [1.29, 1.82) is 5.26 Å². The van der Waals surface area contributed by atoms with Crippen molar-refractivity contribution in [2.75, 3.05) is 0 Å². The summed E-state index contributed by atoms with van der Waals surface area (Å²) in [6.07, 6.45) is -5.14. The highest BCUT2D eigenvalue weighted by Crippen LogP contribution is 2.34. The summed E-state index contributed by atoms with van der Waals surface area (Å²) in [6, 6.07) is 10.8. The Labute approximate surface area is 178 Å². The number of halogens is 4. The summed E-state index contributed by atoms with van der Waals surface area (Å²) >= 11 is 5.95. The first-order valence-electron chi connectivity index (χ1n) is 8.31. The third-order valence-electron chi connectivity index (χ3n) is 4.07. The fraction of sp³-hybridized carbons (Fsp3) is 0.111. The van der Waals surface area contributed by atoms with Crippen molar-refractivity contribution in [2.24, 2.45) is 0 Å². The highest BCUT2D eigenvalue weighted by molar-refractivity contribution is 7.90. The van der Waals surface area contributed by atoms with E-state index in [0.29, 0.717) is 0 Å². The molecule has 0 aliphatic heterocycles. The molecule has 0 unspecified atom stereocenters. The molecule has 1 aromatic heterocycles. The summed E-state index contributed by atoms with van der Waals surface area (Å²) < 4.78 is 68.1. The number of carbonyl (C=O) groups excluding carboxylic acids is 1. The molecule has 1 amide bonds. The molecule has 1 heterocycles. The van der Waals surface area contributed by atoms with Gasteiger partial charge in [-0.05, 0) is 36.8 Å². The van der Waals surface area contributed by atoms with Crippen LogP contribution in [0.15, 0.2) is 47.4 Å². The molecule has 31 heavy (non-hydrogen) atoms. The third-order valence-corrected chi connectivity index (χ3v) is 5.86. The molecule has 0 aliphatic rings. The van der Waals surface area contributed by atoms with Gasteiger partial charge in [-0.3, -0.25) is 4.79 Å². The Morgan fingerprint density at radius 3 is 2.48 bits per heavy atom. The quantitative estimate of drug-likeness (QED) is 0.626. The second-order valence-corrected chi connectivity index (χ2v) is 8.23. The van der Waals surface area contributed by atoms with Crippen molar-refractivity contribution >= 4 is 27.5 Å². The van der Waals surface area contributed by atoms with E-state index in [1.165, 1.54) is 31.2 Å². The molecule has 1 N–H and O–H groups in total. The zero-order valence-corrected chi connectivity index (χ0v) is 17.0. The lowest BCUT2D eigenvalue weighted by Gasteiger charge is -2.13. The Bertz CT molecular complexity index is 1330. The van der Waals surface area contributed by atoms with Crippen LogP contribution in [0, 0.1) is 18.3 Å². The van der Waals surface area contributed by atoms with Gasteiger partial charge in [0.05, 0.1) is 27.2 Å². The number of sulfonamides is 1. The molecule has 0 spiro atoms. The number of benzene rings is 2. The Balaban J connectivity index is 2.08. The van der Waals surface area contributed by atoms with E-state index >= 15 is 0 Å². The number of amides is 1. The van der Waals surface area contributed by atoms with Crippen LogP contribution in [0.1, 0.15) is 27.3 Å². The average molecular weight is 470 g/mol. The number of hydrogen-bond acceptors (Lipinski definition) is 6. The Morgan fingerprint density at radius 2 is 1.90 bits per heavy atom. The van der Waals surface area contributed by atoms with Gasteiger partial charge in [-0.15, -0.1) is 5.10 Å². The second-order valence-electron chi connectivity index (χ2n) is 6.17. The van der Waals surface area contributed by atoms with Crippen LogP contribution in [0.25, 0.3) is 5.69 Å². The van der Waals surface area contributed by atoms with Crippen molar-refractivity contribution in [2.45, 2.75) is 18.0 Å². The van der Waals surface area contributed by atoms with Crippen LogP contribution in [-0.2, 0) is 16.2 Å². The van der Waals surface area contributed by atoms with Gasteiger partial charge < -0.3 is 0 Å². The van der Waals surface area contributed by atoms with E-state index in [9.17, 15) is 26.4 Å². The first kappa shape index (κ1) is 22.3. The molecular formula is C18H11ClF3N5O3S. The topological polar surface area (TPSA) is 118 Å². The van der Waals surface area contributed by atoms with E-state index in [4.69, 9.17) is 16.9 Å². The fourth-order valence-electron chi connectivity index (χ4n) is 2.69. The molecule has 0 atom stereocenters. The largest absolute Gasteiger partial charge is 0.435 e. The lowest BCUT2D eigenvalue weighted by molar-refractivity contribution is -0.143. The van der Waals surface area contributed by atoms with Gasteiger partial charge >= 0.3 is 6.18 Å². The molecule has 8 nitrogen and oxygen atoms in total. The van der Waals surface area contributed by atoms with Gasteiger partial charge in [0, 0.05) is 0 Å². The molecule has 0 fully saturated rings. The van der Waals surface area contributed by atoms with Crippen LogP contribution in [0.2, 0.25) is 5.02 Å². The minimum absolute atomic E-state index is 0.0877. The van der Waals surface area contributed by atoms with E-state index in [1.54, 1.807) is 16.9 Å². The van der Waals surface area contributed by atoms with Gasteiger partial charge in [0.2, 0.25) is 0 Å². The van der Waals surface area contributed by atoms with E-state index in [0.717, 1.165) is 12.1 Å². The minimum atomic E-state index is -5.14. The standard InChI is InChI=1S/C18H11ClF3N5O3S/c1-10-4-2-3-5-14(10)31(29,30)25-17(28)15-16(18(20,21)22)27(26-24-15)13-7-6-11(9-23)8-12(13)19/h2-8H,1H3,(H,25,28). The number of nitrogens with zero attached hydrogens (tertiary/aromatic N) is 4. The van der Waals surface area contributed by atoms with Crippen LogP contribution in [-0.4, -0.2) is 29.3 Å². The van der Waals surface area contributed by atoms with Crippen molar-refractivity contribution in [3.05, 3.63) is 70.0 Å². The first-order chi connectivity index (χ1) is 14.5. The second kappa shape index (κ2) is 8.01. The lowest BCUT2D eigenvalue weighted by Crippen LogP contribution is -2.33. The van der Waals surface area contributed by atoms with Crippen LogP contribution in [0.5, 0.6) is 0 Å². The smallest absolute Gasteiger partial charge is 0.266 e. The Morgan fingerprint density at radius 1 is 1.23 bits per heavy atom. The minimum Gasteiger partial charge on any atom is -0.266 e. The van der Waals surface area contributed by atoms with Crippen LogP contribution < -0.4 is 4.72 Å². The summed E-state index contributed by atoms with van der Waals surface area (Å²) in [5.74, 6) is -1.62. The maximum atomic E-state index is 13.8. The Kier molecular flexibility index (Phi) is 5.75. The lowest BCUT2D eigenvalue weighted by atomic mass is 10.2. The summed E-state index contributed by atoms with van der Waals surface area (Å²) in [6.45, 7) is 1.46. The fourth-order valence-corrected chi connectivity index (χ4v) is 4.15. The number of aromatic nitrogens is 3. The maximum absolute atomic E-state index is 13.8. The van der Waals surface area contributed by atoms with E-state index in [-0.39, 0.29) is 31.4 Å². The molecule has 0 aliphatic carbocycles. The predicted octanol–water partition coefficient (Wildman–Crippen LogP) is 3.24. The molecule has 3 aromatic rings. The summed E-state index contributed by atoms with van der Waals surface area (Å²) in [5.41, 5.74) is -2.82. The summed E-state index contributed by atoms with van der Waals surface area (Å²) in [7, 11) is -4.48. The van der Waals surface area contributed by atoms with Crippen LogP contribution in [0.4, 0.5) is 13.2 Å². The van der Waals surface area contributed by atoms with E-state index in [1.807, 2.05) is 0 Å². The zero-order valence-electron chi connectivity index (χ0n) is 15.5. The number of alkyl halides is 3. The van der Waals surface area contributed by atoms with E-state index < -0.39 is 33.5 Å². The monoisotopic (exact) mass is 469 g/mol. The molecule has 160 valence electrons. The molecule has 0 bridgehead atoms. The molecular weight excluding hydrogens is 459 g/mol. The normalized spacial score (nSPS) is 11.7. The van der Waals surface area contributed by atoms with Crippen molar-refractivity contribution in [3.63, 3.8) is 0 Å². The molecule has 13 heteroatoms. The molecule has 2 aromatic carbocycles. The van der Waals surface area contributed by atoms with Crippen LogP contribution >= 0.6 is 11.6 Å². The number of aryl methyl sites for hydroxylation is 1. The molecule has 3 rings (SSSR count). The number of nitriles is 1. The van der Waals surface area contributed by atoms with Crippen molar-refractivity contribution < 1.29 is 26.4 Å². The predicted molar refractivity (Wildman–Crippen MR) is 102 cm³/mol. The highest BCUT2D eigenvalue weighted by Gasteiger charge is 2.43. The summed E-state index contributed by atoms with van der Waals surface area (Å²) in [5, 5.41) is 15.2. The zero-order chi connectivity index (χ0) is 23.0. The number of nitrogens with one attached hydrogen (secondary N) is 1. The van der Waals surface area contributed by atoms with Gasteiger partial charge in [0.15, 0.2) is 11.4 Å². The third kappa shape index (κ3) is 4.37. The van der Waals surface area contributed by atoms with Gasteiger partial charge in [-0.2, -0.15) is 18.4 Å². The first-order valence-corrected chi connectivity index (χ1v) is 10.2. The van der Waals surface area contributed by atoms with Gasteiger partial charge in [0.25, 0.3) is 15.9 Å². The summed E-state index contributed by atoms with van der Waals surface area (Å²) in [4.78, 5) is 12.2. The van der Waals surface area contributed by atoms with Crippen molar-refractivity contribution in [3.8, 4) is 11.8 Å². The van der Waals surface area contributed by atoms with Gasteiger partial charge in [0.1, 0.15) is 0 Å². The average Bonchev–Trinajstić information content (AvgIpc) is 3.13.